The van der Waals surface area contributed by atoms with Crippen LogP contribution in [0.25, 0.3) is 10.8 Å². The Morgan fingerprint density at radius 2 is 1.68 bits per heavy atom. The van der Waals surface area contributed by atoms with Crippen molar-refractivity contribution in [2.24, 2.45) is 0 Å². The van der Waals surface area contributed by atoms with Crippen LogP contribution in [-0.4, -0.2) is 23.5 Å². The lowest BCUT2D eigenvalue weighted by molar-refractivity contribution is -0.130. The number of esters is 1. The predicted octanol–water partition coefficient (Wildman–Crippen LogP) is 3.30. The fraction of sp³-hybridized carbons (Fsp3) is 0.333. The van der Waals surface area contributed by atoms with Gasteiger partial charge in [0.15, 0.2) is 6.10 Å². The highest BCUT2D eigenvalue weighted by Gasteiger charge is 2.23. The van der Waals surface area contributed by atoms with Crippen LogP contribution in [-0.2, 0) is 9.53 Å². The van der Waals surface area contributed by atoms with Crippen LogP contribution >= 0.6 is 0 Å². The zero-order valence-corrected chi connectivity index (χ0v) is 13.3. The number of carbonyl (C=O) groups excluding carboxylic acids is 2. The molecule has 0 aromatic heterocycles. The first-order chi connectivity index (χ1) is 10.3. The summed E-state index contributed by atoms with van der Waals surface area (Å²) in [5.74, 6) is -0.797. The molecule has 0 aliphatic heterocycles. The molecular formula is C18H21NO3. The van der Waals surface area contributed by atoms with E-state index in [1.165, 1.54) is 0 Å². The molecule has 4 nitrogen and oxygen atoms in total. The minimum atomic E-state index is -0.842. The quantitative estimate of drug-likeness (QED) is 0.885. The van der Waals surface area contributed by atoms with Crippen LogP contribution in [0.1, 0.15) is 38.1 Å². The molecule has 0 spiro atoms. The maximum absolute atomic E-state index is 12.3. The van der Waals surface area contributed by atoms with Crippen molar-refractivity contribution in [2.75, 3.05) is 0 Å². The van der Waals surface area contributed by atoms with E-state index in [1.54, 1.807) is 19.1 Å². The van der Waals surface area contributed by atoms with Crippen LogP contribution in [0.15, 0.2) is 42.5 Å². The number of carbonyl (C=O) groups is 2. The van der Waals surface area contributed by atoms with Gasteiger partial charge in [-0.1, -0.05) is 36.4 Å². The van der Waals surface area contributed by atoms with Crippen LogP contribution in [0.2, 0.25) is 0 Å². The molecule has 1 N–H and O–H groups in total. The average molecular weight is 299 g/mol. The Hall–Kier alpha value is -2.36. The van der Waals surface area contributed by atoms with Crippen molar-refractivity contribution in [1.82, 2.24) is 5.32 Å². The summed E-state index contributed by atoms with van der Waals surface area (Å²) < 4.78 is 5.30. The van der Waals surface area contributed by atoms with Gasteiger partial charge in [-0.2, -0.15) is 0 Å². The van der Waals surface area contributed by atoms with Crippen molar-refractivity contribution in [2.45, 2.75) is 39.3 Å². The number of benzene rings is 2. The molecule has 0 aliphatic carbocycles. The molecule has 2 rings (SSSR count). The summed E-state index contributed by atoms with van der Waals surface area (Å²) >= 11 is 0. The maximum atomic E-state index is 12.3. The largest absolute Gasteiger partial charge is 0.449 e. The number of rotatable bonds is 3. The van der Waals surface area contributed by atoms with Gasteiger partial charge in [0.2, 0.25) is 0 Å². The Labute approximate surface area is 130 Å². The van der Waals surface area contributed by atoms with E-state index in [9.17, 15) is 9.59 Å². The summed E-state index contributed by atoms with van der Waals surface area (Å²) in [5.41, 5.74) is 0.102. The maximum Gasteiger partial charge on any atom is 0.339 e. The summed E-state index contributed by atoms with van der Waals surface area (Å²) in [4.78, 5) is 24.3. The van der Waals surface area contributed by atoms with Gasteiger partial charge in [0.05, 0.1) is 5.56 Å². The molecule has 0 saturated heterocycles. The van der Waals surface area contributed by atoms with Crippen LogP contribution < -0.4 is 5.32 Å². The van der Waals surface area contributed by atoms with Gasteiger partial charge in [-0.15, -0.1) is 0 Å². The van der Waals surface area contributed by atoms with E-state index in [2.05, 4.69) is 5.32 Å². The number of nitrogens with one attached hydrogen (secondary N) is 1. The number of amides is 1. The lowest BCUT2D eigenvalue weighted by Gasteiger charge is -2.23. The highest BCUT2D eigenvalue weighted by atomic mass is 16.5. The molecular weight excluding hydrogens is 278 g/mol. The number of fused-ring (bicyclic) bond motifs is 1. The van der Waals surface area contributed by atoms with Crippen LogP contribution in [0.4, 0.5) is 0 Å². The van der Waals surface area contributed by atoms with E-state index in [4.69, 9.17) is 4.74 Å². The molecule has 2 aromatic rings. The molecule has 22 heavy (non-hydrogen) atoms. The second-order valence-electron chi connectivity index (χ2n) is 6.31. The van der Waals surface area contributed by atoms with E-state index in [-0.39, 0.29) is 11.4 Å². The van der Waals surface area contributed by atoms with Gasteiger partial charge >= 0.3 is 5.97 Å². The van der Waals surface area contributed by atoms with Gasteiger partial charge in [0, 0.05) is 5.54 Å². The van der Waals surface area contributed by atoms with Gasteiger partial charge in [-0.3, -0.25) is 4.79 Å². The van der Waals surface area contributed by atoms with Crippen molar-refractivity contribution in [1.29, 1.82) is 0 Å². The molecule has 0 aliphatic rings. The smallest absolute Gasteiger partial charge is 0.339 e. The normalized spacial score (nSPS) is 12.7. The molecule has 0 radical (unpaired) electrons. The van der Waals surface area contributed by atoms with E-state index in [0.717, 1.165) is 10.8 Å². The molecule has 0 saturated carbocycles. The Morgan fingerprint density at radius 1 is 1.05 bits per heavy atom. The summed E-state index contributed by atoms with van der Waals surface area (Å²) in [7, 11) is 0. The summed E-state index contributed by atoms with van der Waals surface area (Å²) in [6, 6.07) is 13.0. The highest BCUT2D eigenvalue weighted by Crippen LogP contribution is 2.19. The zero-order valence-electron chi connectivity index (χ0n) is 13.3. The Bertz CT molecular complexity index is 696. The lowest BCUT2D eigenvalue weighted by Crippen LogP contribution is -2.46. The average Bonchev–Trinajstić information content (AvgIpc) is 2.44. The first kappa shape index (κ1) is 16.0. The van der Waals surface area contributed by atoms with E-state index in [0.29, 0.717) is 5.56 Å². The van der Waals surface area contributed by atoms with E-state index < -0.39 is 12.1 Å². The van der Waals surface area contributed by atoms with Gasteiger partial charge in [0.25, 0.3) is 5.91 Å². The summed E-state index contributed by atoms with van der Waals surface area (Å²) in [5, 5.41) is 4.58. The first-order valence-electron chi connectivity index (χ1n) is 7.29. The van der Waals surface area contributed by atoms with Gasteiger partial charge in [-0.25, -0.2) is 4.79 Å². The van der Waals surface area contributed by atoms with Crippen molar-refractivity contribution in [3.63, 3.8) is 0 Å². The topological polar surface area (TPSA) is 55.4 Å². The lowest BCUT2D eigenvalue weighted by atomic mass is 10.0. The van der Waals surface area contributed by atoms with Crippen molar-refractivity contribution in [3.05, 3.63) is 48.0 Å². The fourth-order valence-corrected chi connectivity index (χ4v) is 2.15. The Balaban J connectivity index is 2.16. The minimum absolute atomic E-state index is 0.305. The van der Waals surface area contributed by atoms with Crippen LogP contribution in [0.3, 0.4) is 0 Å². The van der Waals surface area contributed by atoms with Crippen molar-refractivity contribution < 1.29 is 14.3 Å². The van der Waals surface area contributed by atoms with Crippen LogP contribution in [0.5, 0.6) is 0 Å². The van der Waals surface area contributed by atoms with E-state index >= 15 is 0 Å². The zero-order chi connectivity index (χ0) is 16.3. The molecule has 1 amide bonds. The molecule has 116 valence electrons. The summed E-state index contributed by atoms with van der Waals surface area (Å²) in [6.07, 6.45) is -0.842. The number of hydrogen-bond donors (Lipinski definition) is 1. The van der Waals surface area contributed by atoms with E-state index in [1.807, 2.05) is 51.1 Å². The highest BCUT2D eigenvalue weighted by molar-refractivity contribution is 6.05. The third kappa shape index (κ3) is 3.85. The molecule has 4 heteroatoms. The van der Waals surface area contributed by atoms with Crippen LogP contribution in [0, 0.1) is 0 Å². The molecule has 0 bridgehead atoms. The number of ether oxygens (including phenoxy) is 1. The third-order valence-electron chi connectivity index (χ3n) is 3.16. The van der Waals surface area contributed by atoms with Gasteiger partial charge in [-0.05, 0) is 44.5 Å². The summed E-state index contributed by atoms with van der Waals surface area (Å²) in [6.45, 7) is 7.21. The molecule has 1 unspecified atom stereocenters. The SMILES string of the molecule is CC(OC(=O)c1cccc2ccccc12)C(=O)NC(C)(C)C. The monoisotopic (exact) mass is 299 g/mol. The first-order valence-corrected chi connectivity index (χ1v) is 7.29. The molecule has 1 atom stereocenters. The second-order valence-corrected chi connectivity index (χ2v) is 6.31. The van der Waals surface area contributed by atoms with Gasteiger partial charge in [0.1, 0.15) is 0 Å². The molecule has 2 aromatic carbocycles. The fourth-order valence-electron chi connectivity index (χ4n) is 2.15. The minimum Gasteiger partial charge on any atom is -0.449 e. The van der Waals surface area contributed by atoms with Crippen molar-refractivity contribution >= 4 is 22.6 Å². The third-order valence-corrected chi connectivity index (χ3v) is 3.16. The Morgan fingerprint density at radius 3 is 2.36 bits per heavy atom. The predicted molar refractivity (Wildman–Crippen MR) is 86.7 cm³/mol. The molecule has 0 heterocycles. The molecule has 0 fully saturated rings. The van der Waals surface area contributed by atoms with Gasteiger partial charge < -0.3 is 10.1 Å². The standard InChI is InChI=1S/C18H21NO3/c1-12(16(20)19-18(2,3)4)22-17(21)15-11-7-9-13-8-5-6-10-14(13)15/h5-12H,1-4H3,(H,19,20). The number of hydrogen-bond acceptors (Lipinski definition) is 3. The Kier molecular flexibility index (Phi) is 4.50. The van der Waals surface area contributed by atoms with Crippen molar-refractivity contribution in [3.8, 4) is 0 Å². The second kappa shape index (κ2) is 6.18.